The van der Waals surface area contributed by atoms with E-state index in [0.717, 1.165) is 0 Å². The zero-order chi connectivity index (χ0) is 9.26. The summed E-state index contributed by atoms with van der Waals surface area (Å²) in [6.45, 7) is 0. The van der Waals surface area contributed by atoms with E-state index in [0.29, 0.717) is 11.4 Å². The Bertz CT molecular complexity index is 414. The van der Waals surface area contributed by atoms with Crippen LogP contribution in [0.15, 0.2) is 23.1 Å². The van der Waals surface area contributed by atoms with Crippen molar-refractivity contribution in [2.45, 2.75) is 0 Å². The third-order valence-corrected chi connectivity index (χ3v) is 1.99. The molecule has 0 aliphatic heterocycles. The molecule has 0 unspecified atom stereocenters. The molecule has 66 valence electrons. The van der Waals surface area contributed by atoms with E-state index in [1.165, 1.54) is 12.4 Å². The van der Waals surface area contributed by atoms with Crippen LogP contribution in [0.3, 0.4) is 0 Å². The molecule has 6 heteroatoms. The SMILES string of the molecule is Fc1nc(-c2cn[nH]c2)ncc1Br. The number of H-pyrrole nitrogens is 1. The van der Waals surface area contributed by atoms with Gasteiger partial charge >= 0.3 is 0 Å². The van der Waals surface area contributed by atoms with Crippen LogP contribution in [0.4, 0.5) is 4.39 Å². The number of nitrogens with zero attached hydrogens (tertiary/aromatic N) is 3. The first-order chi connectivity index (χ1) is 6.27. The number of nitrogens with one attached hydrogen (secondary N) is 1. The van der Waals surface area contributed by atoms with Gasteiger partial charge in [-0.05, 0) is 15.9 Å². The van der Waals surface area contributed by atoms with Crippen molar-refractivity contribution in [2.75, 3.05) is 0 Å². The molecular formula is C7H4BrFN4. The van der Waals surface area contributed by atoms with Gasteiger partial charge in [0.25, 0.3) is 0 Å². The fourth-order valence-corrected chi connectivity index (χ4v) is 1.05. The number of rotatable bonds is 1. The first kappa shape index (κ1) is 8.31. The van der Waals surface area contributed by atoms with Crippen LogP contribution in [0.25, 0.3) is 11.4 Å². The Labute approximate surface area is 81.4 Å². The zero-order valence-corrected chi connectivity index (χ0v) is 7.92. The van der Waals surface area contributed by atoms with E-state index in [2.05, 4.69) is 36.1 Å². The van der Waals surface area contributed by atoms with Crippen molar-refractivity contribution in [3.8, 4) is 11.4 Å². The molecule has 2 rings (SSSR count). The third kappa shape index (κ3) is 1.57. The third-order valence-electron chi connectivity index (χ3n) is 1.46. The van der Waals surface area contributed by atoms with Gasteiger partial charge in [0.15, 0.2) is 5.82 Å². The molecule has 1 N–H and O–H groups in total. The maximum Gasteiger partial charge on any atom is 0.230 e. The van der Waals surface area contributed by atoms with Crippen LogP contribution in [0.1, 0.15) is 0 Å². The average Bonchev–Trinajstić information content (AvgIpc) is 2.62. The number of hydrogen-bond donors (Lipinski definition) is 1. The standard InChI is InChI=1S/C7H4BrFN4/c8-5-3-10-7(13-6(5)9)4-1-11-12-2-4/h1-3H,(H,11,12). The predicted molar refractivity (Wildman–Crippen MR) is 47.3 cm³/mol. The minimum Gasteiger partial charge on any atom is -0.285 e. The molecule has 0 saturated carbocycles. The fraction of sp³-hybridized carbons (Fsp3) is 0. The molecule has 0 aliphatic rings. The van der Waals surface area contributed by atoms with E-state index in [9.17, 15) is 4.39 Å². The number of hydrogen-bond acceptors (Lipinski definition) is 3. The van der Waals surface area contributed by atoms with Gasteiger partial charge in [-0.2, -0.15) is 14.5 Å². The van der Waals surface area contributed by atoms with Gasteiger partial charge in [-0.3, -0.25) is 5.10 Å². The lowest BCUT2D eigenvalue weighted by Gasteiger charge is -1.95. The first-order valence-electron chi connectivity index (χ1n) is 3.44. The maximum atomic E-state index is 12.9. The smallest absolute Gasteiger partial charge is 0.230 e. The van der Waals surface area contributed by atoms with Crippen LogP contribution in [0.2, 0.25) is 0 Å². The predicted octanol–water partition coefficient (Wildman–Crippen LogP) is 1.77. The van der Waals surface area contributed by atoms with Gasteiger partial charge in [0.2, 0.25) is 5.95 Å². The van der Waals surface area contributed by atoms with Crippen LogP contribution >= 0.6 is 15.9 Å². The van der Waals surface area contributed by atoms with Crippen molar-refractivity contribution < 1.29 is 4.39 Å². The molecule has 0 amide bonds. The highest BCUT2D eigenvalue weighted by Crippen LogP contribution is 2.16. The van der Waals surface area contributed by atoms with Crippen LogP contribution in [0, 0.1) is 5.95 Å². The Morgan fingerprint density at radius 2 is 2.23 bits per heavy atom. The van der Waals surface area contributed by atoms with E-state index in [-0.39, 0.29) is 4.47 Å². The number of halogens is 2. The second-order valence-corrected chi connectivity index (χ2v) is 3.17. The monoisotopic (exact) mass is 242 g/mol. The van der Waals surface area contributed by atoms with Crippen LogP contribution < -0.4 is 0 Å². The van der Waals surface area contributed by atoms with Gasteiger partial charge in [-0.1, -0.05) is 0 Å². The molecular weight excluding hydrogens is 239 g/mol. The molecule has 0 bridgehead atoms. The van der Waals surface area contributed by atoms with Crippen molar-refractivity contribution in [1.29, 1.82) is 0 Å². The van der Waals surface area contributed by atoms with Crippen molar-refractivity contribution >= 4 is 15.9 Å². The Hall–Kier alpha value is -1.30. The van der Waals surface area contributed by atoms with E-state index in [4.69, 9.17) is 0 Å². The zero-order valence-electron chi connectivity index (χ0n) is 6.33. The Morgan fingerprint density at radius 1 is 1.38 bits per heavy atom. The normalized spacial score (nSPS) is 10.3. The highest BCUT2D eigenvalue weighted by Gasteiger charge is 2.06. The lowest BCUT2D eigenvalue weighted by atomic mass is 10.3. The fourth-order valence-electron chi connectivity index (χ4n) is 0.859. The molecule has 0 aromatic carbocycles. The lowest BCUT2D eigenvalue weighted by molar-refractivity contribution is 0.574. The van der Waals surface area contributed by atoms with Gasteiger partial charge < -0.3 is 0 Å². The summed E-state index contributed by atoms with van der Waals surface area (Å²) in [6.07, 6.45) is 4.50. The van der Waals surface area contributed by atoms with Crippen LogP contribution in [0.5, 0.6) is 0 Å². The summed E-state index contributed by atoms with van der Waals surface area (Å²) >= 11 is 2.97. The topological polar surface area (TPSA) is 54.5 Å². The molecule has 2 heterocycles. The Kier molecular flexibility index (Phi) is 2.05. The number of aromatic nitrogens is 4. The minimum absolute atomic E-state index is 0.250. The van der Waals surface area contributed by atoms with Gasteiger partial charge in [-0.25, -0.2) is 4.98 Å². The molecule has 0 spiro atoms. The van der Waals surface area contributed by atoms with Gasteiger partial charge in [0.1, 0.15) is 0 Å². The van der Waals surface area contributed by atoms with Crippen LogP contribution in [-0.2, 0) is 0 Å². The van der Waals surface area contributed by atoms with Crippen LogP contribution in [-0.4, -0.2) is 20.2 Å². The summed E-state index contributed by atoms with van der Waals surface area (Å²) in [5.41, 5.74) is 0.659. The van der Waals surface area contributed by atoms with E-state index < -0.39 is 5.95 Å². The molecule has 0 aliphatic carbocycles. The summed E-state index contributed by atoms with van der Waals surface area (Å²) < 4.78 is 13.2. The minimum atomic E-state index is -0.578. The molecule has 4 nitrogen and oxygen atoms in total. The van der Waals surface area contributed by atoms with E-state index >= 15 is 0 Å². The largest absolute Gasteiger partial charge is 0.285 e. The quantitative estimate of drug-likeness (QED) is 0.776. The molecule has 0 atom stereocenters. The van der Waals surface area contributed by atoms with Crippen molar-refractivity contribution in [3.05, 3.63) is 29.0 Å². The van der Waals surface area contributed by atoms with Crippen molar-refractivity contribution in [2.24, 2.45) is 0 Å². The molecule has 2 aromatic heterocycles. The second-order valence-electron chi connectivity index (χ2n) is 2.32. The Balaban J connectivity index is 2.49. The molecule has 0 saturated heterocycles. The summed E-state index contributed by atoms with van der Waals surface area (Å²) in [7, 11) is 0. The Morgan fingerprint density at radius 3 is 2.85 bits per heavy atom. The maximum absolute atomic E-state index is 12.9. The van der Waals surface area contributed by atoms with Gasteiger partial charge in [0, 0.05) is 12.4 Å². The lowest BCUT2D eigenvalue weighted by Crippen LogP contribution is -1.91. The molecule has 0 radical (unpaired) electrons. The summed E-state index contributed by atoms with van der Waals surface area (Å²) in [6, 6.07) is 0. The summed E-state index contributed by atoms with van der Waals surface area (Å²) in [5.74, 6) is -0.263. The first-order valence-corrected chi connectivity index (χ1v) is 4.24. The average molecular weight is 243 g/mol. The number of aromatic amines is 1. The summed E-state index contributed by atoms with van der Waals surface area (Å²) in [5, 5.41) is 6.31. The second kappa shape index (κ2) is 3.21. The van der Waals surface area contributed by atoms with E-state index in [1.807, 2.05) is 0 Å². The van der Waals surface area contributed by atoms with E-state index in [1.54, 1.807) is 6.20 Å². The summed E-state index contributed by atoms with van der Waals surface area (Å²) in [4.78, 5) is 7.55. The molecule has 2 aromatic rings. The van der Waals surface area contributed by atoms with Gasteiger partial charge in [0.05, 0.1) is 16.2 Å². The highest BCUT2D eigenvalue weighted by atomic mass is 79.9. The van der Waals surface area contributed by atoms with Crippen molar-refractivity contribution in [1.82, 2.24) is 20.2 Å². The van der Waals surface area contributed by atoms with Crippen molar-refractivity contribution in [3.63, 3.8) is 0 Å². The molecule has 13 heavy (non-hydrogen) atoms. The highest BCUT2D eigenvalue weighted by molar-refractivity contribution is 9.10. The molecule has 0 fully saturated rings. The van der Waals surface area contributed by atoms with Gasteiger partial charge in [-0.15, -0.1) is 0 Å².